The molecular weight excluding hydrogens is 464 g/mol. The molecule has 186 valence electrons. The van der Waals surface area contributed by atoms with E-state index in [0.29, 0.717) is 38.1 Å². The summed E-state index contributed by atoms with van der Waals surface area (Å²) in [5.74, 6) is -2.19. The van der Waals surface area contributed by atoms with Gasteiger partial charge in [-0.1, -0.05) is 24.3 Å². The van der Waals surface area contributed by atoms with E-state index in [1.165, 1.54) is 6.20 Å². The standard InChI is InChI=1S/C28H27F2N3O3/c1-2-36-25-24(32-26(34)18-6-5-11-31-17-18)22-7-3-4-8-23(22)28(25)9-12-33(13-10-28)27(35)19-14-20(29)16-21(30)15-19/h3-8,11,14-17,24-25H,2,9-10,12-13H2,1H3,(H,32,34)/t24-,25+/m1/s1. The van der Waals surface area contributed by atoms with Gasteiger partial charge in [-0.2, -0.15) is 0 Å². The van der Waals surface area contributed by atoms with Crippen LogP contribution in [0.15, 0.2) is 67.0 Å². The first kappa shape index (κ1) is 24.1. The number of carbonyl (C=O) groups is 2. The van der Waals surface area contributed by atoms with Gasteiger partial charge in [0.05, 0.1) is 17.7 Å². The molecule has 0 bridgehead atoms. The number of likely N-dealkylation sites (tertiary alicyclic amines) is 1. The molecule has 8 heteroatoms. The zero-order valence-electron chi connectivity index (χ0n) is 19.9. The molecule has 1 aliphatic heterocycles. The Balaban J connectivity index is 1.42. The van der Waals surface area contributed by atoms with E-state index in [9.17, 15) is 18.4 Å². The number of aromatic nitrogens is 1. The van der Waals surface area contributed by atoms with E-state index in [1.807, 2.05) is 25.1 Å². The summed E-state index contributed by atoms with van der Waals surface area (Å²) in [6, 6.07) is 13.9. The summed E-state index contributed by atoms with van der Waals surface area (Å²) in [4.78, 5) is 31.8. The molecule has 2 atom stereocenters. The van der Waals surface area contributed by atoms with Crippen molar-refractivity contribution in [3.63, 3.8) is 0 Å². The fraction of sp³-hybridized carbons (Fsp3) is 0.321. The summed E-state index contributed by atoms with van der Waals surface area (Å²) in [5, 5.41) is 3.16. The van der Waals surface area contributed by atoms with Crippen LogP contribution < -0.4 is 5.32 Å². The Morgan fingerprint density at radius 3 is 2.44 bits per heavy atom. The number of fused-ring (bicyclic) bond motifs is 2. The Labute approximate surface area is 208 Å². The van der Waals surface area contributed by atoms with Gasteiger partial charge in [0, 0.05) is 49.1 Å². The van der Waals surface area contributed by atoms with Crippen LogP contribution in [0.25, 0.3) is 0 Å². The minimum atomic E-state index is -0.778. The van der Waals surface area contributed by atoms with Gasteiger partial charge in [-0.05, 0) is 55.2 Å². The van der Waals surface area contributed by atoms with Crippen LogP contribution in [-0.2, 0) is 10.2 Å². The maximum absolute atomic E-state index is 13.7. The highest BCUT2D eigenvalue weighted by molar-refractivity contribution is 5.95. The Morgan fingerprint density at radius 1 is 1.06 bits per heavy atom. The number of pyridine rings is 1. The van der Waals surface area contributed by atoms with Crippen molar-refractivity contribution in [2.45, 2.75) is 37.3 Å². The first-order valence-corrected chi connectivity index (χ1v) is 12.1. The molecule has 1 saturated heterocycles. The zero-order valence-corrected chi connectivity index (χ0v) is 19.9. The smallest absolute Gasteiger partial charge is 0.254 e. The maximum atomic E-state index is 13.7. The third kappa shape index (κ3) is 4.26. The SMILES string of the molecule is CCO[C@H]1[C@H](NC(=O)c2cccnc2)c2ccccc2C12CCN(C(=O)c1cc(F)cc(F)c1)CC2. The molecule has 2 aliphatic rings. The van der Waals surface area contributed by atoms with Crippen molar-refractivity contribution in [3.8, 4) is 0 Å². The highest BCUT2D eigenvalue weighted by Gasteiger charge is 2.54. The first-order chi connectivity index (χ1) is 17.4. The molecule has 1 N–H and O–H groups in total. The van der Waals surface area contributed by atoms with E-state index in [-0.39, 0.29) is 23.6 Å². The Morgan fingerprint density at radius 2 is 1.78 bits per heavy atom. The number of hydrogen-bond acceptors (Lipinski definition) is 4. The summed E-state index contributed by atoms with van der Waals surface area (Å²) in [5.41, 5.74) is 2.15. The van der Waals surface area contributed by atoms with Crippen LogP contribution in [0.1, 0.15) is 57.7 Å². The van der Waals surface area contributed by atoms with Gasteiger partial charge in [0.15, 0.2) is 0 Å². The molecule has 0 unspecified atom stereocenters. The van der Waals surface area contributed by atoms with Crippen LogP contribution >= 0.6 is 0 Å². The lowest BCUT2D eigenvalue weighted by Gasteiger charge is -2.44. The first-order valence-electron chi connectivity index (χ1n) is 12.1. The van der Waals surface area contributed by atoms with Crippen LogP contribution in [-0.4, -0.2) is 47.5 Å². The molecule has 0 radical (unpaired) electrons. The van der Waals surface area contributed by atoms with Gasteiger partial charge in [0.1, 0.15) is 11.6 Å². The Bertz CT molecular complexity index is 1260. The number of rotatable bonds is 5. The quantitative estimate of drug-likeness (QED) is 0.574. The molecule has 1 fully saturated rings. The Hall–Kier alpha value is -3.65. The predicted octanol–water partition coefficient (Wildman–Crippen LogP) is 4.42. The van der Waals surface area contributed by atoms with Crippen molar-refractivity contribution in [2.75, 3.05) is 19.7 Å². The molecule has 1 aliphatic carbocycles. The molecule has 2 heterocycles. The lowest BCUT2D eigenvalue weighted by atomic mass is 9.71. The molecule has 0 saturated carbocycles. The van der Waals surface area contributed by atoms with E-state index < -0.39 is 23.0 Å². The topological polar surface area (TPSA) is 71.5 Å². The van der Waals surface area contributed by atoms with Gasteiger partial charge in [-0.15, -0.1) is 0 Å². The van der Waals surface area contributed by atoms with Crippen LogP contribution in [0.2, 0.25) is 0 Å². The van der Waals surface area contributed by atoms with Crippen molar-refractivity contribution >= 4 is 11.8 Å². The number of nitrogens with one attached hydrogen (secondary N) is 1. The molecule has 1 spiro atoms. The molecule has 5 rings (SSSR count). The van der Waals surface area contributed by atoms with Crippen LogP contribution in [0, 0.1) is 11.6 Å². The van der Waals surface area contributed by atoms with Crippen molar-refractivity contribution in [1.82, 2.24) is 15.2 Å². The number of amides is 2. The van der Waals surface area contributed by atoms with Crippen LogP contribution in [0.4, 0.5) is 8.78 Å². The van der Waals surface area contributed by atoms with Crippen LogP contribution in [0.3, 0.4) is 0 Å². The van der Waals surface area contributed by atoms with Crippen LogP contribution in [0.5, 0.6) is 0 Å². The fourth-order valence-corrected chi connectivity index (χ4v) is 5.69. The van der Waals surface area contributed by atoms with E-state index >= 15 is 0 Å². The van der Waals surface area contributed by atoms with E-state index in [4.69, 9.17) is 4.74 Å². The highest BCUT2D eigenvalue weighted by Crippen LogP contribution is 2.52. The van der Waals surface area contributed by atoms with Gasteiger partial charge < -0.3 is 15.0 Å². The minimum Gasteiger partial charge on any atom is -0.375 e. The van der Waals surface area contributed by atoms with Crippen molar-refractivity contribution in [1.29, 1.82) is 0 Å². The molecule has 36 heavy (non-hydrogen) atoms. The third-order valence-corrected chi connectivity index (χ3v) is 7.29. The lowest BCUT2D eigenvalue weighted by Crippen LogP contribution is -2.52. The number of nitrogens with zero attached hydrogens (tertiary/aromatic N) is 2. The highest BCUT2D eigenvalue weighted by atomic mass is 19.1. The predicted molar refractivity (Wildman–Crippen MR) is 129 cm³/mol. The molecule has 3 aromatic rings. The van der Waals surface area contributed by atoms with E-state index in [0.717, 1.165) is 29.3 Å². The van der Waals surface area contributed by atoms with E-state index in [1.54, 1.807) is 23.2 Å². The van der Waals surface area contributed by atoms with Crippen molar-refractivity contribution in [3.05, 3.63) is 101 Å². The lowest BCUT2D eigenvalue weighted by molar-refractivity contribution is -0.0305. The fourth-order valence-electron chi connectivity index (χ4n) is 5.69. The number of halogens is 2. The number of ether oxygens (including phenoxy) is 1. The average Bonchev–Trinajstić information content (AvgIpc) is 3.13. The van der Waals surface area contributed by atoms with Gasteiger partial charge in [-0.25, -0.2) is 8.78 Å². The third-order valence-electron chi connectivity index (χ3n) is 7.29. The molecular formula is C28H27F2N3O3. The molecule has 2 amide bonds. The second-order valence-electron chi connectivity index (χ2n) is 9.26. The van der Waals surface area contributed by atoms with Gasteiger partial charge in [-0.3, -0.25) is 14.6 Å². The average molecular weight is 492 g/mol. The molecule has 2 aromatic carbocycles. The normalized spacial score (nSPS) is 20.2. The second kappa shape index (κ2) is 9.78. The summed E-state index contributed by atoms with van der Waals surface area (Å²) in [6.45, 7) is 3.19. The number of benzene rings is 2. The molecule has 1 aromatic heterocycles. The maximum Gasteiger partial charge on any atom is 0.254 e. The second-order valence-corrected chi connectivity index (χ2v) is 9.26. The van der Waals surface area contributed by atoms with Gasteiger partial charge >= 0.3 is 0 Å². The summed E-state index contributed by atoms with van der Waals surface area (Å²) in [7, 11) is 0. The monoisotopic (exact) mass is 491 g/mol. The Kier molecular flexibility index (Phi) is 6.53. The number of piperidine rings is 1. The van der Waals surface area contributed by atoms with Gasteiger partial charge in [0.25, 0.3) is 11.8 Å². The van der Waals surface area contributed by atoms with E-state index in [2.05, 4.69) is 16.4 Å². The zero-order chi connectivity index (χ0) is 25.3. The van der Waals surface area contributed by atoms with Crippen molar-refractivity contribution in [2.24, 2.45) is 0 Å². The number of carbonyl (C=O) groups excluding carboxylic acids is 2. The summed E-state index contributed by atoms with van der Waals surface area (Å²) >= 11 is 0. The summed E-state index contributed by atoms with van der Waals surface area (Å²) < 4.78 is 33.7. The van der Waals surface area contributed by atoms with Gasteiger partial charge in [0.2, 0.25) is 0 Å². The van der Waals surface area contributed by atoms with Crippen molar-refractivity contribution < 1.29 is 23.1 Å². The largest absolute Gasteiger partial charge is 0.375 e. The number of hydrogen-bond donors (Lipinski definition) is 1. The minimum absolute atomic E-state index is 0.00163. The molecule has 6 nitrogen and oxygen atoms in total. The summed E-state index contributed by atoms with van der Waals surface area (Å²) in [6.07, 6.45) is 4.01.